The van der Waals surface area contributed by atoms with Crippen molar-refractivity contribution in [3.05, 3.63) is 0 Å². The van der Waals surface area contributed by atoms with E-state index in [2.05, 4.69) is 12.1 Å². The Bertz CT molecular complexity index is 612. The van der Waals surface area contributed by atoms with Gasteiger partial charge in [0, 0.05) is 25.9 Å². The largest absolute Gasteiger partial charge is 0.230 e. The van der Waals surface area contributed by atoms with Crippen molar-refractivity contribution >= 4 is 10.0 Å². The summed E-state index contributed by atoms with van der Waals surface area (Å²) in [4.78, 5) is 0. The minimum absolute atomic E-state index is 0.497. The van der Waals surface area contributed by atoms with Crippen molar-refractivity contribution in [3.63, 3.8) is 0 Å². The molecule has 0 aromatic carbocycles. The predicted molar refractivity (Wildman–Crippen MR) is 121 cm³/mol. The van der Waals surface area contributed by atoms with Gasteiger partial charge in [0.25, 0.3) is 0 Å². The van der Waals surface area contributed by atoms with Crippen LogP contribution in [0.25, 0.3) is 0 Å². The van der Waals surface area contributed by atoms with Crippen LogP contribution in [0, 0.1) is 34.0 Å². The van der Waals surface area contributed by atoms with Crippen LogP contribution >= 0.6 is 0 Å². The SMILES string of the molecule is CC(C#N)S(=O)(=O)N(CCCCCCCCCC#N)CCCCCCCCCC#N. The van der Waals surface area contributed by atoms with Crippen molar-refractivity contribution in [3.8, 4) is 18.2 Å². The first kappa shape index (κ1) is 28.4. The molecule has 0 rings (SSSR count). The number of nitrogens with zero attached hydrogens (tertiary/aromatic N) is 4. The van der Waals surface area contributed by atoms with Gasteiger partial charge in [0.15, 0.2) is 5.25 Å². The second kappa shape index (κ2) is 19.3. The van der Waals surface area contributed by atoms with Crippen molar-refractivity contribution in [1.82, 2.24) is 4.31 Å². The molecule has 7 heteroatoms. The first-order valence-corrected chi connectivity index (χ1v) is 13.1. The van der Waals surface area contributed by atoms with Crippen molar-refractivity contribution in [1.29, 1.82) is 15.8 Å². The highest BCUT2D eigenvalue weighted by atomic mass is 32.2. The van der Waals surface area contributed by atoms with E-state index in [-0.39, 0.29) is 0 Å². The average Bonchev–Trinajstić information content (AvgIpc) is 2.74. The third kappa shape index (κ3) is 14.4. The average molecular weight is 437 g/mol. The molecule has 0 saturated heterocycles. The highest BCUT2D eigenvalue weighted by Gasteiger charge is 2.27. The number of nitriles is 3. The summed E-state index contributed by atoms with van der Waals surface area (Å²) < 4.78 is 26.8. The molecule has 0 spiro atoms. The summed E-state index contributed by atoms with van der Waals surface area (Å²) in [6.07, 6.45) is 15.7. The molecule has 0 aliphatic rings. The van der Waals surface area contributed by atoms with E-state index in [1.54, 1.807) is 0 Å². The van der Waals surface area contributed by atoms with Gasteiger partial charge in [-0.3, -0.25) is 0 Å². The van der Waals surface area contributed by atoms with Crippen LogP contribution in [0.4, 0.5) is 0 Å². The molecule has 170 valence electrons. The Morgan fingerprint density at radius 2 is 0.967 bits per heavy atom. The fourth-order valence-electron chi connectivity index (χ4n) is 3.41. The quantitative estimate of drug-likeness (QED) is 0.223. The molecule has 0 N–H and O–H groups in total. The molecule has 0 radical (unpaired) electrons. The minimum atomic E-state index is -3.56. The second-order valence-corrected chi connectivity index (χ2v) is 10.2. The van der Waals surface area contributed by atoms with Crippen LogP contribution in [-0.2, 0) is 10.0 Å². The van der Waals surface area contributed by atoms with Crippen LogP contribution in [-0.4, -0.2) is 31.1 Å². The van der Waals surface area contributed by atoms with Gasteiger partial charge in [-0.15, -0.1) is 0 Å². The molecule has 0 aromatic heterocycles. The van der Waals surface area contributed by atoms with E-state index in [1.165, 1.54) is 11.2 Å². The minimum Gasteiger partial charge on any atom is -0.211 e. The zero-order chi connectivity index (χ0) is 22.5. The summed E-state index contributed by atoms with van der Waals surface area (Å²) in [7, 11) is -3.56. The molecule has 0 bridgehead atoms. The molecule has 6 nitrogen and oxygen atoms in total. The number of sulfonamides is 1. The van der Waals surface area contributed by atoms with Gasteiger partial charge in [-0.05, 0) is 32.6 Å². The van der Waals surface area contributed by atoms with Crippen molar-refractivity contribution in [2.45, 2.75) is 115 Å². The van der Waals surface area contributed by atoms with E-state index in [9.17, 15) is 8.42 Å². The first-order valence-electron chi connectivity index (χ1n) is 11.6. The lowest BCUT2D eigenvalue weighted by molar-refractivity contribution is 0.381. The summed E-state index contributed by atoms with van der Waals surface area (Å²) in [5.41, 5.74) is 0. The number of rotatable bonds is 20. The Morgan fingerprint density at radius 3 is 1.30 bits per heavy atom. The summed E-state index contributed by atoms with van der Waals surface area (Å²) in [6, 6.07) is 6.20. The van der Waals surface area contributed by atoms with E-state index in [0.29, 0.717) is 25.9 Å². The smallest absolute Gasteiger partial charge is 0.211 e. The van der Waals surface area contributed by atoms with Gasteiger partial charge in [-0.25, -0.2) is 12.7 Å². The lowest BCUT2D eigenvalue weighted by Crippen LogP contribution is -2.38. The van der Waals surface area contributed by atoms with Crippen LogP contribution in [0.1, 0.15) is 110 Å². The van der Waals surface area contributed by atoms with Crippen LogP contribution in [0.5, 0.6) is 0 Å². The van der Waals surface area contributed by atoms with E-state index in [1.807, 2.05) is 6.07 Å². The molecule has 0 aromatic rings. The standard InChI is InChI=1S/C23H40N4O2S/c1-23(22-26)30(28,29)27(20-16-12-8-4-2-6-10-14-18-24)21-17-13-9-5-3-7-11-15-19-25/h23H,2-17,20-21H2,1H3. The van der Waals surface area contributed by atoms with Crippen LogP contribution in [0.15, 0.2) is 0 Å². The zero-order valence-corrected chi connectivity index (χ0v) is 19.6. The fraction of sp³-hybridized carbons (Fsp3) is 0.870. The number of hydrogen-bond acceptors (Lipinski definition) is 5. The van der Waals surface area contributed by atoms with Crippen LogP contribution in [0.2, 0.25) is 0 Å². The lowest BCUT2D eigenvalue weighted by atomic mass is 10.1. The maximum atomic E-state index is 12.6. The Balaban J connectivity index is 4.16. The number of unbranched alkanes of at least 4 members (excludes halogenated alkanes) is 14. The third-order valence-corrected chi connectivity index (χ3v) is 7.46. The molecule has 0 heterocycles. The fourth-order valence-corrected chi connectivity index (χ4v) is 4.76. The first-order chi connectivity index (χ1) is 14.5. The Kier molecular flexibility index (Phi) is 18.3. The van der Waals surface area contributed by atoms with Gasteiger partial charge in [-0.1, -0.05) is 64.2 Å². The van der Waals surface area contributed by atoms with Crippen molar-refractivity contribution < 1.29 is 8.42 Å². The van der Waals surface area contributed by atoms with Gasteiger partial charge >= 0.3 is 0 Å². The normalized spacial score (nSPS) is 12.2. The zero-order valence-electron chi connectivity index (χ0n) is 18.8. The van der Waals surface area contributed by atoms with Gasteiger partial charge in [0.05, 0.1) is 18.2 Å². The summed E-state index contributed by atoms with van der Waals surface area (Å²) in [5, 5.41) is 25.1. The predicted octanol–water partition coefficient (Wildman–Crippen LogP) is 5.82. The molecule has 0 saturated carbocycles. The molecule has 1 atom stereocenters. The highest BCUT2D eigenvalue weighted by Crippen LogP contribution is 2.15. The maximum Gasteiger partial charge on any atom is 0.230 e. The van der Waals surface area contributed by atoms with E-state index < -0.39 is 15.3 Å². The Hall–Kier alpha value is -1.62. The number of hydrogen-bond donors (Lipinski definition) is 0. The van der Waals surface area contributed by atoms with E-state index >= 15 is 0 Å². The Labute approximate surface area is 184 Å². The van der Waals surface area contributed by atoms with Crippen molar-refractivity contribution in [2.24, 2.45) is 0 Å². The molecule has 0 aliphatic heterocycles. The van der Waals surface area contributed by atoms with Crippen molar-refractivity contribution in [2.75, 3.05) is 13.1 Å². The maximum absolute atomic E-state index is 12.6. The third-order valence-electron chi connectivity index (χ3n) is 5.38. The van der Waals surface area contributed by atoms with Crippen LogP contribution < -0.4 is 0 Å². The molecular weight excluding hydrogens is 396 g/mol. The molecule has 0 amide bonds. The molecule has 0 fully saturated rings. The van der Waals surface area contributed by atoms with Crippen LogP contribution in [0.3, 0.4) is 0 Å². The lowest BCUT2D eigenvalue weighted by Gasteiger charge is -2.23. The topological polar surface area (TPSA) is 109 Å². The molecular formula is C23H40N4O2S. The summed E-state index contributed by atoms with van der Waals surface area (Å²) >= 11 is 0. The Morgan fingerprint density at radius 1 is 0.633 bits per heavy atom. The van der Waals surface area contributed by atoms with E-state index in [4.69, 9.17) is 15.8 Å². The van der Waals surface area contributed by atoms with Gasteiger partial charge in [0.2, 0.25) is 10.0 Å². The van der Waals surface area contributed by atoms with Gasteiger partial charge in [-0.2, -0.15) is 15.8 Å². The monoisotopic (exact) mass is 436 g/mol. The molecule has 30 heavy (non-hydrogen) atoms. The molecule has 0 aliphatic carbocycles. The van der Waals surface area contributed by atoms with Gasteiger partial charge < -0.3 is 0 Å². The van der Waals surface area contributed by atoms with Gasteiger partial charge in [0.1, 0.15) is 0 Å². The summed E-state index contributed by atoms with van der Waals surface area (Å²) in [5.74, 6) is 0. The van der Waals surface area contributed by atoms with E-state index in [0.717, 1.165) is 89.9 Å². The highest BCUT2D eigenvalue weighted by molar-refractivity contribution is 7.89. The second-order valence-electron chi connectivity index (χ2n) is 7.98. The summed E-state index contributed by atoms with van der Waals surface area (Å²) in [6.45, 7) is 2.46. The molecule has 1 unspecified atom stereocenters.